The van der Waals surface area contributed by atoms with Crippen LogP contribution in [0.15, 0.2) is 42.6 Å². The van der Waals surface area contributed by atoms with Gasteiger partial charge in [-0.05, 0) is 55.7 Å². The van der Waals surface area contributed by atoms with Crippen LogP contribution in [0.1, 0.15) is 61.3 Å². The number of amides is 1. The molecule has 6 heterocycles. The smallest absolute Gasteiger partial charge is 0.306 e. The predicted molar refractivity (Wildman–Crippen MR) is 156 cm³/mol. The van der Waals surface area contributed by atoms with Crippen LogP contribution in [-0.2, 0) is 25.3 Å². The van der Waals surface area contributed by atoms with E-state index in [2.05, 4.69) is 81.8 Å². The van der Waals surface area contributed by atoms with E-state index in [4.69, 9.17) is 19.9 Å². The number of benzene rings is 1. The Kier molecular flexibility index (Phi) is 5.72. The van der Waals surface area contributed by atoms with E-state index in [1.54, 1.807) is 0 Å². The number of nitrogens with one attached hydrogen (secondary N) is 2. The molecule has 0 spiro atoms. The number of hydrogen-bond acceptors (Lipinski definition) is 8. The number of rotatable bonds is 7. The molecule has 0 radical (unpaired) electrons. The largest absolute Gasteiger partial charge is 0.481 e. The Hall–Kier alpha value is -4.32. The minimum absolute atomic E-state index is 0.0939. The van der Waals surface area contributed by atoms with Gasteiger partial charge in [-0.3, -0.25) is 20.0 Å². The van der Waals surface area contributed by atoms with Gasteiger partial charge in [-0.2, -0.15) is 4.98 Å². The van der Waals surface area contributed by atoms with Gasteiger partial charge >= 0.3 is 5.97 Å². The van der Waals surface area contributed by atoms with E-state index in [1.807, 2.05) is 4.52 Å². The summed E-state index contributed by atoms with van der Waals surface area (Å²) in [4.78, 5) is 35.6. The van der Waals surface area contributed by atoms with Gasteiger partial charge in [0.15, 0.2) is 11.5 Å². The lowest BCUT2D eigenvalue weighted by molar-refractivity contribution is -0.147. The van der Waals surface area contributed by atoms with Gasteiger partial charge in [0.25, 0.3) is 0 Å². The number of aromatic nitrogens is 6. The summed E-state index contributed by atoms with van der Waals surface area (Å²) in [5.41, 5.74) is 3.75. The van der Waals surface area contributed by atoms with Crippen molar-refractivity contribution in [2.24, 2.45) is 17.8 Å². The maximum absolute atomic E-state index is 12.6. The molecular weight excluding hydrogens is 548 g/mol. The number of aromatic amines is 1. The monoisotopic (exact) mass is 582 g/mol. The SMILES string of the molecule is Cc1cc(N2CC[C@](C)(c3ccccc3)C2)cn2nc(C34CC(CO3)C4c3nc(NC(=O)C4CC(C(=O)O)C4)n[nH]3)nc12. The van der Waals surface area contributed by atoms with Crippen molar-refractivity contribution in [2.45, 2.75) is 56.5 Å². The molecule has 1 aromatic carbocycles. The van der Waals surface area contributed by atoms with Crippen molar-refractivity contribution >= 4 is 29.2 Å². The highest BCUT2D eigenvalue weighted by Gasteiger charge is 2.66. The molecule has 3 N–H and O–H groups in total. The van der Waals surface area contributed by atoms with E-state index in [0.29, 0.717) is 31.1 Å². The first-order valence-corrected chi connectivity index (χ1v) is 15.0. The molecule has 222 valence electrons. The number of nitrogens with zero attached hydrogens (tertiary/aromatic N) is 6. The van der Waals surface area contributed by atoms with E-state index >= 15 is 0 Å². The number of aliphatic carboxylic acids is 1. The van der Waals surface area contributed by atoms with Crippen LogP contribution in [0.5, 0.6) is 0 Å². The molecule has 4 aromatic rings. The highest BCUT2D eigenvalue weighted by Crippen LogP contribution is 2.63. The second-order valence-corrected chi connectivity index (χ2v) is 13.1. The van der Waals surface area contributed by atoms with E-state index in [0.717, 1.165) is 42.8 Å². The second kappa shape index (κ2) is 9.34. The van der Waals surface area contributed by atoms with E-state index < -0.39 is 17.5 Å². The number of ether oxygens (including phenoxy) is 1. The zero-order valence-electron chi connectivity index (χ0n) is 24.2. The maximum atomic E-state index is 12.6. The third-order valence-electron chi connectivity index (χ3n) is 10.3. The normalized spacial score (nSPS) is 31.2. The number of hydrogen-bond donors (Lipinski definition) is 3. The van der Waals surface area contributed by atoms with Crippen molar-refractivity contribution in [2.75, 3.05) is 29.9 Å². The summed E-state index contributed by atoms with van der Waals surface area (Å²) in [6, 6.07) is 12.9. The first-order valence-electron chi connectivity index (χ1n) is 15.0. The molecule has 2 bridgehead atoms. The van der Waals surface area contributed by atoms with E-state index in [1.165, 1.54) is 5.56 Å². The molecule has 2 aliphatic carbocycles. The van der Waals surface area contributed by atoms with Gasteiger partial charge in [0.2, 0.25) is 11.9 Å². The topological polar surface area (TPSA) is 151 Å². The first-order chi connectivity index (χ1) is 20.7. The Morgan fingerprint density at radius 3 is 2.74 bits per heavy atom. The van der Waals surface area contributed by atoms with Crippen LogP contribution < -0.4 is 10.2 Å². The summed E-state index contributed by atoms with van der Waals surface area (Å²) in [7, 11) is 0. The van der Waals surface area contributed by atoms with Gasteiger partial charge in [0, 0.05) is 24.4 Å². The number of pyridine rings is 1. The summed E-state index contributed by atoms with van der Waals surface area (Å²) < 4.78 is 8.24. The molecule has 3 unspecified atom stereocenters. The third kappa shape index (κ3) is 4.06. The Bertz CT molecular complexity index is 1740. The minimum Gasteiger partial charge on any atom is -0.481 e. The van der Waals surface area contributed by atoms with Gasteiger partial charge in [-0.25, -0.2) is 9.50 Å². The van der Waals surface area contributed by atoms with Crippen molar-refractivity contribution in [3.63, 3.8) is 0 Å². The Balaban J connectivity index is 1.02. The number of aryl methyl sites for hydroxylation is 1. The number of carbonyl (C=O) groups excluding carboxylic acids is 1. The number of anilines is 2. The molecule has 1 amide bonds. The Morgan fingerprint density at radius 2 is 1.98 bits per heavy atom. The van der Waals surface area contributed by atoms with Crippen LogP contribution in [0, 0.1) is 24.7 Å². The summed E-state index contributed by atoms with van der Waals surface area (Å²) in [6.45, 7) is 6.90. The quantitative estimate of drug-likeness (QED) is 0.298. The summed E-state index contributed by atoms with van der Waals surface area (Å²) in [5, 5.41) is 24.0. The molecule has 5 fully saturated rings. The van der Waals surface area contributed by atoms with Crippen LogP contribution in [0.25, 0.3) is 5.65 Å². The fourth-order valence-corrected chi connectivity index (χ4v) is 7.61. The van der Waals surface area contributed by atoms with Crippen molar-refractivity contribution in [3.8, 4) is 0 Å². The van der Waals surface area contributed by atoms with Crippen molar-refractivity contribution in [3.05, 3.63) is 65.4 Å². The molecule has 4 atom stereocenters. The average molecular weight is 583 g/mol. The van der Waals surface area contributed by atoms with Gasteiger partial charge in [0.1, 0.15) is 11.4 Å². The molecule has 43 heavy (non-hydrogen) atoms. The molecule has 3 aromatic heterocycles. The average Bonchev–Trinajstić information content (AvgIpc) is 3.76. The second-order valence-electron chi connectivity index (χ2n) is 13.1. The Labute approximate surface area is 247 Å². The van der Waals surface area contributed by atoms with Crippen LogP contribution in [-0.4, -0.2) is 66.5 Å². The summed E-state index contributed by atoms with van der Waals surface area (Å²) in [5.74, 6) is -0.283. The lowest BCUT2D eigenvalue weighted by atomic mass is 9.63. The zero-order valence-corrected chi connectivity index (χ0v) is 24.2. The van der Waals surface area contributed by atoms with Gasteiger partial charge in [0.05, 0.1) is 30.3 Å². The van der Waals surface area contributed by atoms with Crippen molar-refractivity contribution < 1.29 is 19.4 Å². The van der Waals surface area contributed by atoms with E-state index in [9.17, 15) is 9.59 Å². The molecule has 3 saturated heterocycles. The molecule has 3 aliphatic heterocycles. The molecule has 2 saturated carbocycles. The lowest BCUT2D eigenvalue weighted by Crippen LogP contribution is -2.44. The minimum atomic E-state index is -0.857. The molecule has 5 aliphatic rings. The number of carbonyl (C=O) groups is 2. The van der Waals surface area contributed by atoms with Crippen LogP contribution in [0.4, 0.5) is 11.6 Å². The fourth-order valence-electron chi connectivity index (χ4n) is 7.61. The number of fused-ring (bicyclic) bond motifs is 2. The molecule has 9 rings (SSSR count). The number of carboxylic acids is 1. The standard InChI is InChI=1S/C31H34N8O4/c1-17-10-22(38-9-8-30(2,16-38)21-6-4-3-5-7-21)14-39-25(17)33-28(37-39)31-13-20(15-43-31)23(31)24-32-29(36-35-24)34-26(40)18-11-19(12-18)27(41)42/h3-7,10,14,18-20,23H,8-9,11-13,15-16H2,1-2H3,(H,41,42)(H2,32,34,35,36,40)/t18?,19?,20?,23?,30-,31?/m0/s1. The van der Waals surface area contributed by atoms with Gasteiger partial charge in [-0.1, -0.05) is 37.3 Å². The zero-order chi connectivity index (χ0) is 29.5. The first kappa shape index (κ1) is 26.3. The summed E-state index contributed by atoms with van der Waals surface area (Å²) in [6.07, 6.45) is 4.63. The Morgan fingerprint density at radius 1 is 1.16 bits per heavy atom. The van der Waals surface area contributed by atoms with E-state index in [-0.39, 0.29) is 35.0 Å². The third-order valence-corrected chi connectivity index (χ3v) is 10.3. The van der Waals surface area contributed by atoms with Gasteiger partial charge in [-0.15, -0.1) is 10.2 Å². The molecular formula is C31H34N8O4. The highest BCUT2D eigenvalue weighted by atomic mass is 16.5. The highest BCUT2D eigenvalue weighted by molar-refractivity contribution is 5.92. The lowest BCUT2D eigenvalue weighted by Gasteiger charge is -2.41. The summed E-state index contributed by atoms with van der Waals surface area (Å²) >= 11 is 0. The van der Waals surface area contributed by atoms with Crippen LogP contribution in [0.3, 0.4) is 0 Å². The maximum Gasteiger partial charge on any atom is 0.306 e. The van der Waals surface area contributed by atoms with Gasteiger partial charge < -0.3 is 14.7 Å². The fraction of sp³-hybridized carbons (Fsp3) is 0.484. The van der Waals surface area contributed by atoms with Crippen molar-refractivity contribution in [1.29, 1.82) is 0 Å². The number of H-pyrrole nitrogens is 1. The van der Waals surface area contributed by atoms with Crippen molar-refractivity contribution in [1.82, 2.24) is 29.8 Å². The molecule has 12 heteroatoms. The van der Waals surface area contributed by atoms with Crippen LogP contribution >= 0.6 is 0 Å². The van der Waals surface area contributed by atoms with Crippen LogP contribution in [0.2, 0.25) is 0 Å². The predicted octanol–water partition coefficient (Wildman–Crippen LogP) is 3.40. The molecule has 12 nitrogen and oxygen atoms in total. The number of carboxylic acid groups (broad SMARTS) is 1.